The number of methoxy groups -OCH3 is 2. The molecule has 0 saturated carbocycles. The molecule has 0 bridgehead atoms. The third kappa shape index (κ3) is 6.08. The highest BCUT2D eigenvalue weighted by Gasteiger charge is 2.23. The number of rotatable bonds is 7. The monoisotopic (exact) mass is 248 g/mol. The summed E-state index contributed by atoms with van der Waals surface area (Å²) in [5.74, 6) is -1.26. The van der Waals surface area contributed by atoms with E-state index in [4.69, 9.17) is 14.6 Å². The maximum Gasteiger partial charge on any atom is 0.326 e. The van der Waals surface area contributed by atoms with Crippen molar-refractivity contribution < 1.29 is 24.2 Å². The van der Waals surface area contributed by atoms with Crippen LogP contribution in [-0.4, -0.2) is 50.2 Å². The highest BCUT2D eigenvalue weighted by molar-refractivity contribution is 5.82. The minimum atomic E-state index is -1.06. The summed E-state index contributed by atoms with van der Waals surface area (Å²) in [6.07, 6.45) is -0.553. The molecular formula is C10H20N2O5. The van der Waals surface area contributed by atoms with E-state index in [1.54, 1.807) is 13.8 Å². The van der Waals surface area contributed by atoms with E-state index in [1.165, 1.54) is 14.2 Å². The Hall–Kier alpha value is -1.34. The van der Waals surface area contributed by atoms with Gasteiger partial charge in [-0.05, 0) is 5.92 Å². The first-order valence-corrected chi connectivity index (χ1v) is 5.25. The van der Waals surface area contributed by atoms with Gasteiger partial charge in [0.1, 0.15) is 6.04 Å². The molecule has 2 amide bonds. The summed E-state index contributed by atoms with van der Waals surface area (Å²) in [7, 11) is 2.89. The van der Waals surface area contributed by atoms with Crippen molar-refractivity contribution in [1.82, 2.24) is 10.6 Å². The van der Waals surface area contributed by atoms with Gasteiger partial charge in [-0.2, -0.15) is 0 Å². The predicted molar refractivity (Wildman–Crippen MR) is 60.6 cm³/mol. The van der Waals surface area contributed by atoms with Gasteiger partial charge in [-0.25, -0.2) is 9.59 Å². The lowest BCUT2D eigenvalue weighted by atomic mass is 10.1. The SMILES string of the molecule is COC(CNC(=O)N[C@H](C(=O)O)C(C)C)OC. The largest absolute Gasteiger partial charge is 0.480 e. The Morgan fingerprint density at radius 3 is 2.12 bits per heavy atom. The minimum Gasteiger partial charge on any atom is -0.480 e. The fraction of sp³-hybridized carbons (Fsp3) is 0.800. The summed E-state index contributed by atoms with van der Waals surface area (Å²) in [5, 5.41) is 13.7. The van der Waals surface area contributed by atoms with E-state index in [0.29, 0.717) is 0 Å². The number of nitrogens with one attached hydrogen (secondary N) is 2. The van der Waals surface area contributed by atoms with Crippen LogP contribution in [0.15, 0.2) is 0 Å². The molecule has 0 radical (unpaired) electrons. The summed E-state index contributed by atoms with van der Waals surface area (Å²) in [4.78, 5) is 22.2. The molecule has 0 aliphatic carbocycles. The lowest BCUT2D eigenvalue weighted by Gasteiger charge is -2.19. The lowest BCUT2D eigenvalue weighted by molar-refractivity contribution is -0.140. The molecule has 0 aliphatic rings. The summed E-state index contributed by atoms with van der Waals surface area (Å²) >= 11 is 0. The molecule has 0 heterocycles. The Bertz CT molecular complexity index is 253. The number of ether oxygens (including phenoxy) is 2. The van der Waals surface area contributed by atoms with Crippen LogP contribution in [0.4, 0.5) is 4.79 Å². The highest BCUT2D eigenvalue weighted by atomic mass is 16.7. The van der Waals surface area contributed by atoms with Gasteiger partial charge in [0.2, 0.25) is 0 Å². The summed E-state index contributed by atoms with van der Waals surface area (Å²) in [5.41, 5.74) is 0. The van der Waals surface area contributed by atoms with Crippen molar-refractivity contribution in [1.29, 1.82) is 0 Å². The zero-order valence-electron chi connectivity index (χ0n) is 10.5. The van der Waals surface area contributed by atoms with Crippen LogP contribution >= 0.6 is 0 Å². The van der Waals surface area contributed by atoms with Crippen LogP contribution in [0.1, 0.15) is 13.8 Å². The van der Waals surface area contributed by atoms with E-state index in [0.717, 1.165) is 0 Å². The molecule has 0 aromatic rings. The maximum atomic E-state index is 11.4. The minimum absolute atomic E-state index is 0.142. The molecule has 100 valence electrons. The van der Waals surface area contributed by atoms with Crippen molar-refractivity contribution in [3.8, 4) is 0 Å². The lowest BCUT2D eigenvalue weighted by Crippen LogP contribution is -2.50. The van der Waals surface area contributed by atoms with Crippen molar-refractivity contribution in [2.45, 2.75) is 26.2 Å². The Labute approximate surface area is 100 Å². The smallest absolute Gasteiger partial charge is 0.326 e. The Morgan fingerprint density at radius 2 is 1.76 bits per heavy atom. The molecule has 17 heavy (non-hydrogen) atoms. The van der Waals surface area contributed by atoms with Gasteiger partial charge in [-0.1, -0.05) is 13.8 Å². The van der Waals surface area contributed by atoms with E-state index in [1.807, 2.05) is 0 Å². The summed E-state index contributed by atoms with van der Waals surface area (Å²) in [6.45, 7) is 3.57. The van der Waals surface area contributed by atoms with E-state index in [-0.39, 0.29) is 12.5 Å². The van der Waals surface area contributed by atoms with Crippen LogP contribution in [0.25, 0.3) is 0 Å². The van der Waals surface area contributed by atoms with Crippen molar-refractivity contribution in [3.05, 3.63) is 0 Å². The Balaban J connectivity index is 4.11. The average molecular weight is 248 g/mol. The quantitative estimate of drug-likeness (QED) is 0.552. The molecule has 0 aromatic carbocycles. The topological polar surface area (TPSA) is 96.9 Å². The second-order valence-corrected chi connectivity index (χ2v) is 3.82. The molecule has 0 rings (SSSR count). The van der Waals surface area contributed by atoms with Crippen LogP contribution in [0.5, 0.6) is 0 Å². The predicted octanol–water partition coefficient (Wildman–Crippen LogP) is 0.0137. The number of carbonyl (C=O) groups is 2. The zero-order chi connectivity index (χ0) is 13.4. The molecule has 0 unspecified atom stereocenters. The molecular weight excluding hydrogens is 228 g/mol. The van der Waals surface area contributed by atoms with E-state index >= 15 is 0 Å². The first-order valence-electron chi connectivity index (χ1n) is 5.25. The normalized spacial score (nSPS) is 12.6. The van der Waals surface area contributed by atoms with Gasteiger partial charge in [0.15, 0.2) is 6.29 Å². The number of carboxylic acids is 1. The number of amides is 2. The van der Waals surface area contributed by atoms with Crippen LogP contribution in [0, 0.1) is 5.92 Å². The molecule has 0 aromatic heterocycles. The summed E-state index contributed by atoms with van der Waals surface area (Å²) < 4.78 is 9.74. The number of hydrogen-bond acceptors (Lipinski definition) is 4. The molecule has 0 fully saturated rings. The van der Waals surface area contributed by atoms with Crippen LogP contribution < -0.4 is 10.6 Å². The highest BCUT2D eigenvalue weighted by Crippen LogP contribution is 2.01. The van der Waals surface area contributed by atoms with E-state index in [2.05, 4.69) is 10.6 Å². The van der Waals surface area contributed by atoms with Crippen LogP contribution in [-0.2, 0) is 14.3 Å². The second-order valence-electron chi connectivity index (χ2n) is 3.82. The van der Waals surface area contributed by atoms with Gasteiger partial charge >= 0.3 is 12.0 Å². The Kier molecular flexibility index (Phi) is 7.24. The summed E-state index contributed by atoms with van der Waals surface area (Å²) in [6, 6.07) is -1.48. The van der Waals surface area contributed by atoms with Crippen LogP contribution in [0.2, 0.25) is 0 Å². The average Bonchev–Trinajstić information content (AvgIpc) is 2.26. The van der Waals surface area contributed by atoms with Crippen molar-refractivity contribution in [2.24, 2.45) is 5.92 Å². The number of carboxylic acid groups (broad SMARTS) is 1. The number of urea groups is 1. The first-order chi connectivity index (χ1) is 7.92. The van der Waals surface area contributed by atoms with E-state index < -0.39 is 24.3 Å². The van der Waals surface area contributed by atoms with Crippen molar-refractivity contribution in [2.75, 3.05) is 20.8 Å². The van der Waals surface area contributed by atoms with Gasteiger partial charge in [-0.3, -0.25) is 0 Å². The standard InChI is InChI=1S/C10H20N2O5/c1-6(2)8(9(13)14)12-10(15)11-5-7(16-3)17-4/h6-8H,5H2,1-4H3,(H,13,14)(H2,11,12,15)/t8-/m0/s1. The van der Waals surface area contributed by atoms with Crippen LogP contribution in [0.3, 0.4) is 0 Å². The third-order valence-electron chi connectivity index (χ3n) is 2.17. The Morgan fingerprint density at radius 1 is 1.24 bits per heavy atom. The molecule has 7 nitrogen and oxygen atoms in total. The number of aliphatic carboxylic acids is 1. The maximum absolute atomic E-state index is 11.4. The third-order valence-corrected chi connectivity index (χ3v) is 2.17. The number of hydrogen-bond donors (Lipinski definition) is 3. The molecule has 3 N–H and O–H groups in total. The van der Waals surface area contributed by atoms with Gasteiger partial charge < -0.3 is 25.2 Å². The zero-order valence-corrected chi connectivity index (χ0v) is 10.5. The van der Waals surface area contributed by atoms with Gasteiger partial charge in [0.05, 0.1) is 6.54 Å². The fourth-order valence-electron chi connectivity index (χ4n) is 1.14. The van der Waals surface area contributed by atoms with Crippen molar-refractivity contribution >= 4 is 12.0 Å². The fourth-order valence-corrected chi connectivity index (χ4v) is 1.14. The molecule has 1 atom stereocenters. The van der Waals surface area contributed by atoms with Gasteiger partial charge in [0, 0.05) is 14.2 Å². The van der Waals surface area contributed by atoms with Crippen molar-refractivity contribution in [3.63, 3.8) is 0 Å². The second kappa shape index (κ2) is 7.86. The number of carbonyl (C=O) groups excluding carboxylic acids is 1. The first kappa shape index (κ1) is 15.7. The molecule has 7 heteroatoms. The molecule has 0 spiro atoms. The molecule has 0 saturated heterocycles. The van der Waals surface area contributed by atoms with E-state index in [9.17, 15) is 9.59 Å². The molecule has 0 aliphatic heterocycles. The van der Waals surface area contributed by atoms with Gasteiger partial charge in [0.25, 0.3) is 0 Å². The van der Waals surface area contributed by atoms with Gasteiger partial charge in [-0.15, -0.1) is 0 Å².